The van der Waals surface area contributed by atoms with Crippen molar-refractivity contribution in [3.8, 4) is 0 Å². The van der Waals surface area contributed by atoms with Gasteiger partial charge in [0, 0.05) is 24.5 Å². The quantitative estimate of drug-likeness (QED) is 0.820. The highest BCUT2D eigenvalue weighted by molar-refractivity contribution is 7.80. The number of nitrogens with one attached hydrogen (secondary N) is 1. The van der Waals surface area contributed by atoms with Crippen LogP contribution in [-0.4, -0.2) is 21.5 Å². The third-order valence-corrected chi connectivity index (χ3v) is 3.40. The van der Waals surface area contributed by atoms with Crippen LogP contribution in [0.15, 0.2) is 23.2 Å². The Balaban J connectivity index is 2.05. The Morgan fingerprint density at radius 3 is 3.00 bits per heavy atom. The summed E-state index contributed by atoms with van der Waals surface area (Å²) in [6.07, 6.45) is 2.61. The predicted octanol–water partition coefficient (Wildman–Crippen LogP) is 2.14. The molecule has 0 fully saturated rings. The van der Waals surface area contributed by atoms with Crippen molar-refractivity contribution in [3.05, 3.63) is 40.0 Å². The summed E-state index contributed by atoms with van der Waals surface area (Å²) in [4.78, 5) is 8.89. The second-order valence-corrected chi connectivity index (χ2v) is 5.03. The zero-order chi connectivity index (χ0) is 13.0. The number of thiazole rings is 1. The van der Waals surface area contributed by atoms with Gasteiger partial charge in [-0.2, -0.15) is 0 Å². The summed E-state index contributed by atoms with van der Waals surface area (Å²) in [6.45, 7) is 2.73. The molecule has 0 bridgehead atoms. The zero-order valence-electron chi connectivity index (χ0n) is 10.0. The number of nitrogens with zero attached hydrogens (tertiary/aromatic N) is 2. The van der Waals surface area contributed by atoms with Crippen molar-refractivity contribution in [2.45, 2.75) is 13.3 Å². The van der Waals surface area contributed by atoms with Crippen LogP contribution in [0, 0.1) is 6.92 Å². The Kier molecular flexibility index (Phi) is 4.22. The van der Waals surface area contributed by atoms with Gasteiger partial charge in [0.25, 0.3) is 0 Å². The first-order chi connectivity index (χ1) is 8.68. The highest BCUT2D eigenvalue weighted by Crippen LogP contribution is 2.16. The van der Waals surface area contributed by atoms with Gasteiger partial charge in [-0.3, -0.25) is 0 Å². The molecule has 0 atom stereocenters. The molecule has 6 heteroatoms. The van der Waals surface area contributed by atoms with Crippen LogP contribution in [0.5, 0.6) is 0 Å². The molecule has 0 saturated heterocycles. The van der Waals surface area contributed by atoms with Crippen molar-refractivity contribution in [2.75, 3.05) is 11.9 Å². The standard InChI is InChI=1S/C12H14N4S2/c1-8-2-4-14-12(10(8)11(13)17)15-5-3-9-6-18-7-16-9/h2,4,6-7H,3,5H2,1H3,(H2,13,17)(H,14,15). The summed E-state index contributed by atoms with van der Waals surface area (Å²) in [5, 5.41) is 5.30. The number of nitrogens with two attached hydrogens (primary N) is 1. The monoisotopic (exact) mass is 278 g/mol. The normalized spacial score (nSPS) is 10.3. The molecule has 0 aliphatic rings. The maximum Gasteiger partial charge on any atom is 0.136 e. The van der Waals surface area contributed by atoms with E-state index in [0.29, 0.717) is 4.99 Å². The van der Waals surface area contributed by atoms with Gasteiger partial charge in [0.1, 0.15) is 10.8 Å². The molecule has 2 aromatic heterocycles. The van der Waals surface area contributed by atoms with Crippen LogP contribution in [-0.2, 0) is 6.42 Å². The van der Waals surface area contributed by atoms with Gasteiger partial charge < -0.3 is 11.1 Å². The third-order valence-electron chi connectivity index (χ3n) is 2.56. The smallest absolute Gasteiger partial charge is 0.136 e. The van der Waals surface area contributed by atoms with E-state index in [0.717, 1.165) is 35.6 Å². The minimum atomic E-state index is 0.372. The molecule has 0 spiro atoms. The maximum atomic E-state index is 5.72. The van der Waals surface area contributed by atoms with Gasteiger partial charge in [-0.05, 0) is 18.6 Å². The Labute approximate surface area is 115 Å². The fourth-order valence-electron chi connectivity index (χ4n) is 1.67. The molecular weight excluding hydrogens is 264 g/mol. The molecule has 0 amide bonds. The molecule has 2 aromatic rings. The second-order valence-electron chi connectivity index (χ2n) is 3.87. The van der Waals surface area contributed by atoms with Crippen LogP contribution < -0.4 is 11.1 Å². The lowest BCUT2D eigenvalue weighted by atomic mass is 10.1. The van der Waals surface area contributed by atoms with Gasteiger partial charge in [0.15, 0.2) is 0 Å². The molecule has 0 saturated carbocycles. The second kappa shape index (κ2) is 5.88. The fraction of sp³-hybridized carbons (Fsp3) is 0.250. The molecule has 0 radical (unpaired) electrons. The SMILES string of the molecule is Cc1ccnc(NCCc2cscn2)c1C(N)=S. The van der Waals surface area contributed by atoms with E-state index in [-0.39, 0.29) is 0 Å². The third kappa shape index (κ3) is 3.02. The van der Waals surface area contributed by atoms with Crippen LogP contribution in [0.3, 0.4) is 0 Å². The molecular formula is C12H14N4S2. The summed E-state index contributed by atoms with van der Waals surface area (Å²) in [6, 6.07) is 1.90. The van der Waals surface area contributed by atoms with Crippen molar-refractivity contribution in [2.24, 2.45) is 5.73 Å². The van der Waals surface area contributed by atoms with Crippen molar-refractivity contribution in [1.29, 1.82) is 0 Å². The molecule has 0 aliphatic heterocycles. The van der Waals surface area contributed by atoms with Crippen molar-refractivity contribution < 1.29 is 0 Å². The van der Waals surface area contributed by atoms with E-state index in [1.807, 2.05) is 23.9 Å². The average molecular weight is 278 g/mol. The average Bonchev–Trinajstić information content (AvgIpc) is 2.81. The van der Waals surface area contributed by atoms with Gasteiger partial charge in [-0.15, -0.1) is 11.3 Å². The number of rotatable bonds is 5. The summed E-state index contributed by atoms with van der Waals surface area (Å²) < 4.78 is 0. The summed E-state index contributed by atoms with van der Waals surface area (Å²) in [7, 11) is 0. The number of anilines is 1. The lowest BCUT2D eigenvalue weighted by molar-refractivity contribution is 0.967. The minimum absolute atomic E-state index is 0.372. The molecule has 4 nitrogen and oxygen atoms in total. The molecule has 2 heterocycles. The summed E-state index contributed by atoms with van der Waals surface area (Å²) in [5.41, 5.74) is 10.5. The van der Waals surface area contributed by atoms with Crippen LogP contribution >= 0.6 is 23.6 Å². The first-order valence-corrected chi connectivity index (χ1v) is 6.90. The van der Waals surface area contributed by atoms with Crippen LogP contribution in [0.1, 0.15) is 16.8 Å². The number of pyridine rings is 1. The number of aryl methyl sites for hydroxylation is 1. The Morgan fingerprint density at radius 2 is 2.33 bits per heavy atom. The van der Waals surface area contributed by atoms with Gasteiger partial charge >= 0.3 is 0 Å². The minimum Gasteiger partial charge on any atom is -0.389 e. The van der Waals surface area contributed by atoms with Crippen molar-refractivity contribution in [1.82, 2.24) is 9.97 Å². The van der Waals surface area contributed by atoms with E-state index in [1.54, 1.807) is 17.5 Å². The molecule has 0 aliphatic carbocycles. The molecule has 18 heavy (non-hydrogen) atoms. The zero-order valence-corrected chi connectivity index (χ0v) is 11.6. The number of hydrogen-bond acceptors (Lipinski definition) is 5. The van der Waals surface area contributed by atoms with Gasteiger partial charge in [0.05, 0.1) is 16.8 Å². The fourth-order valence-corrected chi connectivity index (χ4v) is 2.52. The van der Waals surface area contributed by atoms with E-state index in [1.165, 1.54) is 0 Å². The molecule has 0 unspecified atom stereocenters. The first kappa shape index (κ1) is 12.9. The summed E-state index contributed by atoms with van der Waals surface area (Å²) >= 11 is 6.66. The summed E-state index contributed by atoms with van der Waals surface area (Å²) in [5.74, 6) is 0.748. The van der Waals surface area contributed by atoms with Gasteiger partial charge in [0.2, 0.25) is 0 Å². The van der Waals surface area contributed by atoms with E-state index in [4.69, 9.17) is 18.0 Å². The molecule has 2 rings (SSSR count). The Bertz CT molecular complexity index is 537. The Hall–Kier alpha value is -1.53. The molecule has 0 aromatic carbocycles. The van der Waals surface area contributed by atoms with E-state index in [9.17, 15) is 0 Å². The van der Waals surface area contributed by atoms with Crippen molar-refractivity contribution in [3.63, 3.8) is 0 Å². The predicted molar refractivity (Wildman–Crippen MR) is 79.2 cm³/mol. The topological polar surface area (TPSA) is 63.8 Å². The molecule has 94 valence electrons. The number of aromatic nitrogens is 2. The Morgan fingerprint density at radius 1 is 1.50 bits per heavy atom. The molecule has 3 N–H and O–H groups in total. The number of hydrogen-bond donors (Lipinski definition) is 2. The van der Waals surface area contributed by atoms with E-state index >= 15 is 0 Å². The lowest BCUT2D eigenvalue weighted by Crippen LogP contribution is -2.17. The lowest BCUT2D eigenvalue weighted by Gasteiger charge is -2.11. The highest BCUT2D eigenvalue weighted by atomic mass is 32.1. The van der Waals surface area contributed by atoms with Gasteiger partial charge in [-0.25, -0.2) is 9.97 Å². The van der Waals surface area contributed by atoms with Crippen LogP contribution in [0.4, 0.5) is 5.82 Å². The van der Waals surface area contributed by atoms with Gasteiger partial charge in [-0.1, -0.05) is 12.2 Å². The van der Waals surface area contributed by atoms with Crippen molar-refractivity contribution >= 4 is 34.4 Å². The van der Waals surface area contributed by atoms with E-state index in [2.05, 4.69) is 15.3 Å². The van der Waals surface area contributed by atoms with Crippen LogP contribution in [0.25, 0.3) is 0 Å². The largest absolute Gasteiger partial charge is 0.389 e. The first-order valence-electron chi connectivity index (χ1n) is 5.55. The maximum absolute atomic E-state index is 5.72. The highest BCUT2D eigenvalue weighted by Gasteiger charge is 2.09. The van der Waals surface area contributed by atoms with E-state index < -0.39 is 0 Å². The number of thiocarbonyl (C=S) groups is 1. The van der Waals surface area contributed by atoms with Crippen LogP contribution in [0.2, 0.25) is 0 Å².